The Hall–Kier alpha value is -0.220. The molecule has 1 aliphatic carbocycles. The number of hydrogen-bond donors (Lipinski definition) is 2. The molecular formula is C14H28N2OS. The van der Waals surface area contributed by atoms with E-state index < -0.39 is 0 Å². The first-order valence-electron chi connectivity index (χ1n) is 6.85. The summed E-state index contributed by atoms with van der Waals surface area (Å²) in [5, 5.41) is 3.14. The lowest BCUT2D eigenvalue weighted by molar-refractivity contribution is -0.132. The number of amides is 1. The van der Waals surface area contributed by atoms with Crippen LogP contribution in [0.15, 0.2) is 0 Å². The van der Waals surface area contributed by atoms with Crippen molar-refractivity contribution >= 4 is 17.7 Å². The van der Waals surface area contributed by atoms with E-state index in [0.29, 0.717) is 5.92 Å². The number of carbonyl (C=O) groups excluding carboxylic acids is 1. The molecule has 4 heteroatoms. The highest BCUT2D eigenvalue weighted by Gasteiger charge is 2.45. The third kappa shape index (κ3) is 3.41. The highest BCUT2D eigenvalue weighted by Crippen LogP contribution is 2.44. The third-order valence-electron chi connectivity index (χ3n) is 4.62. The lowest BCUT2D eigenvalue weighted by Crippen LogP contribution is -2.52. The zero-order chi connectivity index (χ0) is 13.9. The zero-order valence-electron chi connectivity index (χ0n) is 12.3. The largest absolute Gasteiger partial charge is 0.353 e. The van der Waals surface area contributed by atoms with Crippen molar-refractivity contribution in [2.45, 2.75) is 52.6 Å². The summed E-state index contributed by atoms with van der Waals surface area (Å²) in [5.41, 5.74) is 6.12. The molecule has 1 amide bonds. The number of nitrogens with one attached hydrogen (secondary N) is 1. The van der Waals surface area contributed by atoms with Crippen molar-refractivity contribution in [3.63, 3.8) is 0 Å². The van der Waals surface area contributed by atoms with Gasteiger partial charge in [0.05, 0.1) is 0 Å². The van der Waals surface area contributed by atoms with Crippen LogP contribution < -0.4 is 11.1 Å². The van der Waals surface area contributed by atoms with Crippen molar-refractivity contribution < 1.29 is 4.79 Å². The summed E-state index contributed by atoms with van der Waals surface area (Å²) in [6.07, 6.45) is 3.93. The van der Waals surface area contributed by atoms with Gasteiger partial charge in [-0.05, 0) is 37.4 Å². The molecule has 106 valence electrons. The Labute approximate surface area is 116 Å². The van der Waals surface area contributed by atoms with Crippen LogP contribution in [0, 0.1) is 17.3 Å². The van der Waals surface area contributed by atoms with E-state index in [1.54, 1.807) is 11.8 Å². The Morgan fingerprint density at radius 3 is 2.67 bits per heavy atom. The smallest absolute Gasteiger partial charge is 0.223 e. The van der Waals surface area contributed by atoms with Gasteiger partial charge >= 0.3 is 0 Å². The molecule has 4 unspecified atom stereocenters. The molecule has 3 N–H and O–H groups in total. The first kappa shape index (κ1) is 15.8. The average molecular weight is 272 g/mol. The Kier molecular flexibility index (Phi) is 5.53. The molecule has 1 fully saturated rings. The molecule has 1 aliphatic rings. The predicted molar refractivity (Wildman–Crippen MR) is 79.6 cm³/mol. The Morgan fingerprint density at radius 2 is 2.11 bits per heavy atom. The Morgan fingerprint density at radius 1 is 1.50 bits per heavy atom. The van der Waals surface area contributed by atoms with Gasteiger partial charge in [-0.2, -0.15) is 11.8 Å². The molecule has 1 saturated carbocycles. The van der Waals surface area contributed by atoms with Crippen molar-refractivity contribution in [2.24, 2.45) is 23.0 Å². The number of rotatable bonds is 4. The van der Waals surface area contributed by atoms with Gasteiger partial charge in [-0.1, -0.05) is 20.8 Å². The Balaban J connectivity index is 2.67. The van der Waals surface area contributed by atoms with Gasteiger partial charge in [0.1, 0.15) is 0 Å². The second kappa shape index (κ2) is 6.29. The van der Waals surface area contributed by atoms with Gasteiger partial charge < -0.3 is 11.1 Å². The van der Waals surface area contributed by atoms with Crippen LogP contribution in [0.1, 0.15) is 40.5 Å². The Bertz CT molecular complexity index is 294. The molecular weight excluding hydrogens is 244 g/mol. The van der Waals surface area contributed by atoms with E-state index in [4.69, 9.17) is 5.73 Å². The monoisotopic (exact) mass is 272 g/mol. The quantitative estimate of drug-likeness (QED) is 0.825. The van der Waals surface area contributed by atoms with Crippen LogP contribution in [0.5, 0.6) is 0 Å². The van der Waals surface area contributed by atoms with Crippen molar-refractivity contribution in [3.8, 4) is 0 Å². The van der Waals surface area contributed by atoms with E-state index in [1.165, 1.54) is 0 Å². The number of nitrogens with two attached hydrogens (primary N) is 1. The summed E-state index contributed by atoms with van der Waals surface area (Å²) in [7, 11) is 0. The summed E-state index contributed by atoms with van der Waals surface area (Å²) in [4.78, 5) is 12.4. The van der Waals surface area contributed by atoms with Gasteiger partial charge in [-0.3, -0.25) is 4.79 Å². The summed E-state index contributed by atoms with van der Waals surface area (Å²) >= 11 is 1.76. The van der Waals surface area contributed by atoms with Gasteiger partial charge in [0.2, 0.25) is 5.91 Å². The summed E-state index contributed by atoms with van der Waals surface area (Å²) in [5.74, 6) is 1.66. The normalized spacial score (nSPS) is 32.9. The third-order valence-corrected chi connectivity index (χ3v) is 5.46. The lowest BCUT2D eigenvalue weighted by atomic mass is 9.61. The molecule has 0 aromatic rings. The van der Waals surface area contributed by atoms with E-state index >= 15 is 0 Å². The number of thioether (sulfide) groups is 1. The predicted octanol–water partition coefficient (Wildman–Crippen LogP) is 2.25. The maximum atomic E-state index is 12.4. The van der Waals surface area contributed by atoms with Crippen LogP contribution in [-0.2, 0) is 4.79 Å². The molecule has 0 spiro atoms. The van der Waals surface area contributed by atoms with Gasteiger partial charge in [-0.25, -0.2) is 0 Å². The highest BCUT2D eigenvalue weighted by atomic mass is 32.2. The van der Waals surface area contributed by atoms with Gasteiger partial charge in [0.25, 0.3) is 0 Å². The SMILES string of the molecule is CSCC(C)NC(=O)C1CCC(N)C(C)C1(C)C. The zero-order valence-corrected chi connectivity index (χ0v) is 13.1. The van der Waals surface area contributed by atoms with E-state index in [1.807, 2.05) is 0 Å². The van der Waals surface area contributed by atoms with E-state index in [9.17, 15) is 4.79 Å². The van der Waals surface area contributed by atoms with Crippen molar-refractivity contribution in [1.29, 1.82) is 0 Å². The molecule has 3 nitrogen and oxygen atoms in total. The van der Waals surface area contributed by atoms with Crippen LogP contribution in [0.4, 0.5) is 0 Å². The molecule has 0 aromatic heterocycles. The van der Waals surface area contributed by atoms with Crippen LogP contribution in [-0.4, -0.2) is 30.0 Å². The van der Waals surface area contributed by atoms with Gasteiger partial charge in [0, 0.05) is 23.8 Å². The van der Waals surface area contributed by atoms with Crippen LogP contribution in [0.3, 0.4) is 0 Å². The van der Waals surface area contributed by atoms with Crippen molar-refractivity contribution in [2.75, 3.05) is 12.0 Å². The minimum Gasteiger partial charge on any atom is -0.353 e. The average Bonchev–Trinajstić information content (AvgIpc) is 2.26. The molecule has 1 rings (SSSR count). The first-order chi connectivity index (χ1) is 8.30. The number of hydrogen-bond acceptors (Lipinski definition) is 3. The van der Waals surface area contributed by atoms with E-state index in [0.717, 1.165) is 18.6 Å². The minimum atomic E-state index is -0.0131. The first-order valence-corrected chi connectivity index (χ1v) is 8.25. The van der Waals surface area contributed by atoms with Crippen molar-refractivity contribution in [1.82, 2.24) is 5.32 Å². The molecule has 0 aliphatic heterocycles. The molecule has 0 bridgehead atoms. The van der Waals surface area contributed by atoms with Crippen LogP contribution in [0.25, 0.3) is 0 Å². The van der Waals surface area contributed by atoms with Crippen LogP contribution >= 0.6 is 11.8 Å². The second-order valence-electron chi connectivity index (χ2n) is 6.27. The maximum absolute atomic E-state index is 12.4. The lowest BCUT2D eigenvalue weighted by Gasteiger charge is -2.46. The van der Waals surface area contributed by atoms with E-state index in [2.05, 4.69) is 39.3 Å². The van der Waals surface area contributed by atoms with Crippen LogP contribution in [0.2, 0.25) is 0 Å². The standard InChI is InChI=1S/C14H28N2OS/c1-9(8-18-5)16-13(17)11-6-7-12(15)10(2)14(11,3)4/h9-12H,6-8,15H2,1-5H3,(H,16,17). The number of carbonyl (C=O) groups is 1. The fourth-order valence-corrected chi connectivity index (χ4v) is 3.54. The van der Waals surface area contributed by atoms with E-state index in [-0.39, 0.29) is 29.3 Å². The minimum absolute atomic E-state index is 0.0131. The van der Waals surface area contributed by atoms with Gasteiger partial charge in [0.15, 0.2) is 0 Å². The molecule has 0 heterocycles. The molecule has 18 heavy (non-hydrogen) atoms. The second-order valence-corrected chi connectivity index (χ2v) is 7.18. The fourth-order valence-electron chi connectivity index (χ4n) is 2.95. The molecule has 4 atom stereocenters. The summed E-state index contributed by atoms with van der Waals surface area (Å²) < 4.78 is 0. The fraction of sp³-hybridized carbons (Fsp3) is 0.929. The van der Waals surface area contributed by atoms with Gasteiger partial charge in [-0.15, -0.1) is 0 Å². The maximum Gasteiger partial charge on any atom is 0.223 e. The summed E-state index contributed by atoms with van der Waals surface area (Å²) in [6.45, 7) is 8.61. The molecule has 0 saturated heterocycles. The molecule has 0 aromatic carbocycles. The highest BCUT2D eigenvalue weighted by molar-refractivity contribution is 7.98. The summed E-state index contributed by atoms with van der Waals surface area (Å²) in [6, 6.07) is 0.474. The van der Waals surface area contributed by atoms with Crippen molar-refractivity contribution in [3.05, 3.63) is 0 Å². The topological polar surface area (TPSA) is 55.1 Å². The molecule has 0 radical (unpaired) electrons.